The molecule has 3 aromatic rings. The Morgan fingerprint density at radius 3 is 2.72 bits per heavy atom. The molecule has 1 aliphatic rings. The van der Waals surface area contributed by atoms with E-state index in [1.54, 1.807) is 7.11 Å². The normalized spacial score (nSPS) is 13.9. The monoisotopic (exact) mass is 392 g/mol. The summed E-state index contributed by atoms with van der Waals surface area (Å²) in [7, 11) is 1.64. The summed E-state index contributed by atoms with van der Waals surface area (Å²) in [5.41, 5.74) is 4.44. The van der Waals surface area contributed by atoms with Crippen molar-refractivity contribution in [2.45, 2.75) is 6.61 Å². The number of ether oxygens (including phenoxy) is 2. The van der Waals surface area contributed by atoms with Crippen LogP contribution >= 0.6 is 0 Å². The fraction of sp³-hybridized carbons (Fsp3) is 0.273. The maximum atomic E-state index is 9.86. The van der Waals surface area contributed by atoms with Gasteiger partial charge in [-0.25, -0.2) is 9.97 Å². The van der Waals surface area contributed by atoms with Crippen LogP contribution < -0.4 is 15.0 Å². The second-order valence-electron chi connectivity index (χ2n) is 6.71. The Balaban J connectivity index is 1.58. The summed E-state index contributed by atoms with van der Waals surface area (Å²) >= 11 is 0. The van der Waals surface area contributed by atoms with E-state index in [-0.39, 0.29) is 6.61 Å². The summed E-state index contributed by atoms with van der Waals surface area (Å²) < 4.78 is 10.9. The summed E-state index contributed by atoms with van der Waals surface area (Å²) in [4.78, 5) is 10.9. The van der Waals surface area contributed by atoms with Gasteiger partial charge in [-0.15, -0.1) is 0 Å². The van der Waals surface area contributed by atoms with E-state index in [0.717, 1.165) is 47.0 Å². The van der Waals surface area contributed by atoms with Gasteiger partial charge in [-0.05, 0) is 30.3 Å². The highest BCUT2D eigenvalue weighted by Gasteiger charge is 2.15. The number of anilines is 3. The predicted molar refractivity (Wildman–Crippen MR) is 113 cm³/mol. The summed E-state index contributed by atoms with van der Waals surface area (Å²) in [6, 6.07) is 15.6. The zero-order chi connectivity index (χ0) is 20.1. The van der Waals surface area contributed by atoms with Gasteiger partial charge in [0, 0.05) is 41.7 Å². The number of para-hydroxylation sites is 1. The molecule has 2 N–H and O–H groups in total. The van der Waals surface area contributed by atoms with Crippen molar-refractivity contribution in [3.05, 3.63) is 60.4 Å². The molecule has 2 heterocycles. The smallest absolute Gasteiger partial charge is 0.134 e. The van der Waals surface area contributed by atoms with Crippen molar-refractivity contribution in [3.63, 3.8) is 0 Å². The van der Waals surface area contributed by atoms with Crippen molar-refractivity contribution in [2.24, 2.45) is 0 Å². The van der Waals surface area contributed by atoms with Crippen LogP contribution in [-0.4, -0.2) is 48.5 Å². The molecule has 0 aliphatic carbocycles. The van der Waals surface area contributed by atoms with Gasteiger partial charge in [-0.2, -0.15) is 0 Å². The fourth-order valence-corrected chi connectivity index (χ4v) is 3.48. The number of rotatable bonds is 6. The van der Waals surface area contributed by atoms with Crippen LogP contribution in [0, 0.1) is 0 Å². The Morgan fingerprint density at radius 2 is 1.93 bits per heavy atom. The molecule has 0 radical (unpaired) electrons. The molecular formula is C22H24N4O3. The number of nitrogens with zero attached hydrogens (tertiary/aromatic N) is 3. The average Bonchev–Trinajstić information content (AvgIpc) is 2.79. The van der Waals surface area contributed by atoms with Crippen LogP contribution in [0.25, 0.3) is 11.3 Å². The van der Waals surface area contributed by atoms with Gasteiger partial charge in [-0.3, -0.25) is 0 Å². The number of hydrogen-bond acceptors (Lipinski definition) is 7. The molecule has 1 aromatic heterocycles. The highest BCUT2D eigenvalue weighted by molar-refractivity contribution is 5.71. The molecule has 2 aromatic carbocycles. The number of nitrogens with one attached hydrogen (secondary N) is 1. The lowest BCUT2D eigenvalue weighted by Gasteiger charge is -2.30. The SMILES string of the molecule is COc1ccccc1-c1cc(Nc2ccc(N3CCOCC3)c(CO)c2)ncn1. The first-order chi connectivity index (χ1) is 14.3. The lowest BCUT2D eigenvalue weighted by Crippen LogP contribution is -2.36. The quantitative estimate of drug-likeness (QED) is 0.667. The maximum Gasteiger partial charge on any atom is 0.134 e. The largest absolute Gasteiger partial charge is 0.496 e. The highest BCUT2D eigenvalue weighted by atomic mass is 16.5. The van der Waals surface area contributed by atoms with Gasteiger partial charge in [0.15, 0.2) is 0 Å². The molecular weight excluding hydrogens is 368 g/mol. The third-order valence-corrected chi connectivity index (χ3v) is 4.92. The standard InChI is InChI=1S/C22H24N4O3/c1-28-21-5-3-2-4-18(21)19-13-22(24-15-23-19)25-17-6-7-20(16(12-17)14-27)26-8-10-29-11-9-26/h2-7,12-13,15,27H,8-11,14H2,1H3,(H,23,24,25). The molecule has 0 unspecified atom stereocenters. The van der Waals surface area contributed by atoms with Gasteiger partial charge < -0.3 is 24.8 Å². The first-order valence-electron chi connectivity index (χ1n) is 9.57. The van der Waals surface area contributed by atoms with E-state index in [0.29, 0.717) is 19.0 Å². The van der Waals surface area contributed by atoms with Crippen LogP contribution in [0.3, 0.4) is 0 Å². The van der Waals surface area contributed by atoms with Crippen LogP contribution in [0.2, 0.25) is 0 Å². The molecule has 0 spiro atoms. The minimum atomic E-state index is -0.0293. The van der Waals surface area contributed by atoms with Crippen molar-refractivity contribution in [1.82, 2.24) is 9.97 Å². The maximum absolute atomic E-state index is 9.86. The summed E-state index contributed by atoms with van der Waals surface area (Å²) in [5, 5.41) is 13.2. The second-order valence-corrected chi connectivity index (χ2v) is 6.71. The van der Waals surface area contributed by atoms with Crippen molar-refractivity contribution < 1.29 is 14.6 Å². The van der Waals surface area contributed by atoms with Crippen LogP contribution in [0.5, 0.6) is 5.75 Å². The fourth-order valence-electron chi connectivity index (χ4n) is 3.48. The average molecular weight is 392 g/mol. The molecule has 7 heteroatoms. The van der Waals surface area contributed by atoms with Gasteiger partial charge >= 0.3 is 0 Å². The third kappa shape index (κ3) is 4.31. The topological polar surface area (TPSA) is 79.7 Å². The Kier molecular flexibility index (Phi) is 5.88. The van der Waals surface area contributed by atoms with Gasteiger partial charge in [-0.1, -0.05) is 12.1 Å². The van der Waals surface area contributed by atoms with Crippen molar-refractivity contribution in [1.29, 1.82) is 0 Å². The Bertz CT molecular complexity index is 974. The molecule has 0 amide bonds. The minimum absolute atomic E-state index is 0.0293. The molecule has 29 heavy (non-hydrogen) atoms. The van der Waals surface area contributed by atoms with Crippen LogP contribution in [0.1, 0.15) is 5.56 Å². The number of morpholine rings is 1. The first-order valence-corrected chi connectivity index (χ1v) is 9.57. The van der Waals surface area contributed by atoms with E-state index in [1.165, 1.54) is 6.33 Å². The molecule has 1 saturated heterocycles. The summed E-state index contributed by atoms with van der Waals surface area (Å²) in [6.07, 6.45) is 1.53. The molecule has 1 fully saturated rings. The number of methoxy groups -OCH3 is 1. The summed E-state index contributed by atoms with van der Waals surface area (Å²) in [6.45, 7) is 3.04. The molecule has 4 rings (SSSR count). The van der Waals surface area contributed by atoms with Crippen molar-refractivity contribution >= 4 is 17.2 Å². The van der Waals surface area contributed by atoms with Crippen LogP contribution in [0.4, 0.5) is 17.2 Å². The van der Waals surface area contributed by atoms with Crippen LogP contribution in [0.15, 0.2) is 54.9 Å². The Morgan fingerprint density at radius 1 is 1.10 bits per heavy atom. The Hall–Kier alpha value is -3.16. The number of benzene rings is 2. The number of hydrogen-bond donors (Lipinski definition) is 2. The van der Waals surface area contributed by atoms with E-state index in [4.69, 9.17) is 9.47 Å². The molecule has 1 aliphatic heterocycles. The van der Waals surface area contributed by atoms with E-state index < -0.39 is 0 Å². The van der Waals surface area contributed by atoms with E-state index in [1.807, 2.05) is 48.5 Å². The first kappa shape index (κ1) is 19.2. The van der Waals surface area contributed by atoms with E-state index in [9.17, 15) is 5.11 Å². The van der Waals surface area contributed by atoms with Gasteiger partial charge in [0.2, 0.25) is 0 Å². The Labute approximate surface area is 169 Å². The zero-order valence-corrected chi connectivity index (χ0v) is 16.3. The van der Waals surface area contributed by atoms with Gasteiger partial charge in [0.25, 0.3) is 0 Å². The molecule has 150 valence electrons. The highest BCUT2D eigenvalue weighted by Crippen LogP contribution is 2.30. The van der Waals surface area contributed by atoms with Crippen LogP contribution in [-0.2, 0) is 11.3 Å². The number of aromatic nitrogens is 2. The lowest BCUT2D eigenvalue weighted by atomic mass is 10.1. The minimum Gasteiger partial charge on any atom is -0.496 e. The number of aliphatic hydroxyl groups is 1. The summed E-state index contributed by atoms with van der Waals surface area (Å²) in [5.74, 6) is 1.43. The van der Waals surface area contributed by atoms with Gasteiger partial charge in [0.1, 0.15) is 17.9 Å². The second kappa shape index (κ2) is 8.89. The molecule has 0 bridgehead atoms. The predicted octanol–water partition coefficient (Wildman–Crippen LogP) is 3.22. The van der Waals surface area contributed by atoms with E-state index in [2.05, 4.69) is 20.2 Å². The zero-order valence-electron chi connectivity index (χ0n) is 16.3. The van der Waals surface area contributed by atoms with Crippen molar-refractivity contribution in [2.75, 3.05) is 43.6 Å². The third-order valence-electron chi connectivity index (χ3n) is 4.92. The van der Waals surface area contributed by atoms with Gasteiger partial charge in [0.05, 0.1) is 32.6 Å². The molecule has 0 saturated carbocycles. The number of aliphatic hydroxyl groups excluding tert-OH is 1. The molecule has 0 atom stereocenters. The van der Waals surface area contributed by atoms with Crippen molar-refractivity contribution in [3.8, 4) is 17.0 Å². The lowest BCUT2D eigenvalue weighted by molar-refractivity contribution is 0.122. The van der Waals surface area contributed by atoms with E-state index >= 15 is 0 Å². The molecule has 7 nitrogen and oxygen atoms in total.